The minimum Gasteiger partial charge on any atom is -0.494 e. The number of anilines is 1. The molecule has 0 aliphatic heterocycles. The Morgan fingerprint density at radius 2 is 1.46 bits per heavy atom. The van der Waals surface area contributed by atoms with Crippen LogP contribution in [-0.2, 0) is 11.3 Å². The third-order valence-corrected chi connectivity index (χ3v) is 7.25. The third kappa shape index (κ3) is 7.33. The van der Waals surface area contributed by atoms with E-state index in [1.807, 2.05) is 93.6 Å². The van der Waals surface area contributed by atoms with E-state index in [4.69, 9.17) is 23.7 Å². The van der Waals surface area contributed by atoms with Crippen molar-refractivity contribution >= 4 is 22.5 Å². The summed E-state index contributed by atoms with van der Waals surface area (Å²) in [6.45, 7) is 7.35. The van der Waals surface area contributed by atoms with Gasteiger partial charge in [-0.25, -0.2) is 0 Å². The summed E-state index contributed by atoms with van der Waals surface area (Å²) < 4.78 is 30.3. The molecule has 4 aromatic carbocycles. The Balaban J connectivity index is 1.60. The largest absolute Gasteiger partial charge is 0.494 e. The zero-order chi connectivity index (χ0) is 32.5. The minimum absolute atomic E-state index is 0.00953. The van der Waals surface area contributed by atoms with E-state index in [2.05, 4.69) is 0 Å². The zero-order valence-corrected chi connectivity index (χ0v) is 26.5. The molecule has 5 aromatic rings. The van der Waals surface area contributed by atoms with Gasteiger partial charge < -0.3 is 33.2 Å². The van der Waals surface area contributed by atoms with Crippen LogP contribution in [0.3, 0.4) is 0 Å². The molecule has 1 heterocycles. The van der Waals surface area contributed by atoms with Crippen molar-refractivity contribution in [3.8, 4) is 28.7 Å². The van der Waals surface area contributed by atoms with Gasteiger partial charge in [0.05, 0.1) is 24.4 Å². The molecule has 46 heavy (non-hydrogen) atoms. The summed E-state index contributed by atoms with van der Waals surface area (Å²) in [5.41, 5.74) is 2.46. The molecule has 238 valence electrons. The molecular formula is C37H38N2O7. The Morgan fingerprint density at radius 3 is 2.13 bits per heavy atom. The van der Waals surface area contributed by atoms with Crippen molar-refractivity contribution in [1.29, 1.82) is 0 Å². The van der Waals surface area contributed by atoms with Crippen LogP contribution in [0, 0.1) is 0 Å². The maximum atomic E-state index is 14.2. The van der Waals surface area contributed by atoms with Gasteiger partial charge in [-0.3, -0.25) is 9.59 Å². The minimum atomic E-state index is -0.436. The predicted molar refractivity (Wildman–Crippen MR) is 179 cm³/mol. The van der Waals surface area contributed by atoms with Gasteiger partial charge in [-0.1, -0.05) is 36.4 Å². The highest BCUT2D eigenvalue weighted by Crippen LogP contribution is 2.30. The van der Waals surface area contributed by atoms with Crippen molar-refractivity contribution in [2.75, 3.05) is 38.6 Å². The molecule has 0 atom stereocenters. The van der Waals surface area contributed by atoms with Crippen LogP contribution in [0.4, 0.5) is 5.69 Å². The molecule has 9 nitrogen and oxygen atoms in total. The van der Waals surface area contributed by atoms with Crippen molar-refractivity contribution in [2.45, 2.75) is 27.4 Å². The van der Waals surface area contributed by atoms with E-state index in [1.165, 1.54) is 7.11 Å². The van der Waals surface area contributed by atoms with Crippen LogP contribution in [0.1, 0.15) is 36.7 Å². The summed E-state index contributed by atoms with van der Waals surface area (Å²) in [6, 6.07) is 27.8. The predicted octanol–water partition coefficient (Wildman–Crippen LogP) is 7.02. The summed E-state index contributed by atoms with van der Waals surface area (Å²) in [5.74, 6) is 1.88. The highest BCUT2D eigenvalue weighted by Gasteiger charge is 2.23. The Kier molecular flexibility index (Phi) is 10.6. The molecule has 1 aromatic heterocycles. The summed E-state index contributed by atoms with van der Waals surface area (Å²) >= 11 is 0. The van der Waals surface area contributed by atoms with Crippen molar-refractivity contribution < 1.29 is 28.5 Å². The normalized spacial score (nSPS) is 10.9. The lowest BCUT2D eigenvalue weighted by molar-refractivity contribution is 0.0512. The van der Waals surface area contributed by atoms with Gasteiger partial charge in [-0.15, -0.1) is 0 Å². The van der Waals surface area contributed by atoms with Crippen molar-refractivity contribution in [3.05, 3.63) is 119 Å². The number of aromatic nitrogens is 1. The number of amides is 1. The van der Waals surface area contributed by atoms with Crippen LogP contribution in [0.15, 0.2) is 102 Å². The molecule has 0 unspecified atom stereocenters. The van der Waals surface area contributed by atoms with E-state index in [0.717, 1.165) is 5.56 Å². The third-order valence-electron chi connectivity index (χ3n) is 7.25. The molecule has 1 amide bonds. The summed E-state index contributed by atoms with van der Waals surface area (Å²) in [7, 11) is 1.54. The fraction of sp³-hybridized carbons (Fsp3) is 0.243. The van der Waals surface area contributed by atoms with Crippen LogP contribution in [0.25, 0.3) is 16.6 Å². The number of hydrogen-bond donors (Lipinski definition) is 0. The van der Waals surface area contributed by atoms with Gasteiger partial charge in [-0.05, 0) is 50.6 Å². The molecule has 0 saturated carbocycles. The van der Waals surface area contributed by atoms with E-state index in [9.17, 15) is 9.59 Å². The molecule has 0 aliphatic rings. The average Bonchev–Trinajstić information content (AvgIpc) is 3.07. The lowest BCUT2D eigenvalue weighted by Gasteiger charge is -2.23. The molecule has 0 radical (unpaired) electrons. The van der Waals surface area contributed by atoms with E-state index in [1.54, 1.807) is 33.9 Å². The Bertz CT molecular complexity index is 1830. The Morgan fingerprint density at radius 1 is 0.739 bits per heavy atom. The molecule has 0 N–H and O–H groups in total. The first-order valence-electron chi connectivity index (χ1n) is 15.3. The van der Waals surface area contributed by atoms with Crippen molar-refractivity contribution in [2.24, 2.45) is 0 Å². The van der Waals surface area contributed by atoms with E-state index in [0.29, 0.717) is 71.6 Å². The number of fused-ring (bicyclic) bond motifs is 1. The first-order chi connectivity index (χ1) is 22.4. The van der Waals surface area contributed by atoms with Gasteiger partial charge in [0.2, 0.25) is 5.43 Å². The van der Waals surface area contributed by atoms with Crippen LogP contribution >= 0.6 is 0 Å². The number of carbonyl (C=O) groups is 1. The van der Waals surface area contributed by atoms with Crippen LogP contribution in [0.2, 0.25) is 0 Å². The van der Waals surface area contributed by atoms with Crippen molar-refractivity contribution in [1.82, 2.24) is 4.57 Å². The maximum absolute atomic E-state index is 14.2. The average molecular weight is 623 g/mol. The lowest BCUT2D eigenvalue weighted by atomic mass is 10.1. The fourth-order valence-electron chi connectivity index (χ4n) is 5.15. The SMILES string of the molecule is CCOc1cc(OCC)cc(-n2cc(C(=O)N(CC)c3cccc(OCc4ccccc4)c3)c(=O)c3ccc(OCOC)cc32)c1. The number of benzene rings is 4. The van der Waals surface area contributed by atoms with Gasteiger partial charge in [0, 0.05) is 61.3 Å². The van der Waals surface area contributed by atoms with E-state index in [-0.39, 0.29) is 12.4 Å². The standard InChI is InChI=1S/C37H38N2O7/c1-5-38(27-14-11-15-29(18-27)45-24-26-12-9-8-10-13-26)37(41)34-23-39(28-19-31(43-6-2)21-32(20-28)44-7-3)35-22-30(46-25-42-4)16-17-33(35)36(34)40/h8-23H,5-7,24-25H2,1-4H3. The molecule has 9 heteroatoms. The van der Waals surface area contributed by atoms with E-state index < -0.39 is 11.3 Å². The quantitative estimate of drug-likeness (QED) is 0.123. The highest BCUT2D eigenvalue weighted by molar-refractivity contribution is 6.07. The number of hydrogen-bond acceptors (Lipinski definition) is 7. The number of carbonyl (C=O) groups excluding carboxylic acids is 1. The summed E-state index contributed by atoms with van der Waals surface area (Å²) in [4.78, 5) is 29.8. The summed E-state index contributed by atoms with van der Waals surface area (Å²) in [6.07, 6.45) is 1.58. The van der Waals surface area contributed by atoms with E-state index >= 15 is 0 Å². The molecule has 0 aliphatic carbocycles. The topological polar surface area (TPSA) is 88.5 Å². The lowest BCUT2D eigenvalue weighted by Crippen LogP contribution is -2.34. The number of nitrogens with zero attached hydrogens (tertiary/aromatic N) is 2. The first kappa shape index (κ1) is 32.1. The Hall–Kier alpha value is -5.28. The van der Waals surface area contributed by atoms with Gasteiger partial charge in [-0.2, -0.15) is 0 Å². The number of ether oxygens (including phenoxy) is 5. The van der Waals surface area contributed by atoms with Crippen LogP contribution < -0.4 is 29.3 Å². The molecule has 0 bridgehead atoms. The number of rotatable bonds is 14. The second kappa shape index (κ2) is 15.1. The smallest absolute Gasteiger partial charge is 0.263 e. The highest BCUT2D eigenvalue weighted by atomic mass is 16.7. The Labute approximate surface area is 268 Å². The second-order valence-corrected chi connectivity index (χ2v) is 10.3. The second-order valence-electron chi connectivity index (χ2n) is 10.3. The van der Waals surface area contributed by atoms with Crippen LogP contribution in [-0.4, -0.2) is 44.1 Å². The van der Waals surface area contributed by atoms with Gasteiger partial charge in [0.25, 0.3) is 5.91 Å². The number of pyridine rings is 1. The zero-order valence-electron chi connectivity index (χ0n) is 26.5. The fourth-order valence-corrected chi connectivity index (χ4v) is 5.15. The molecule has 0 spiro atoms. The van der Waals surface area contributed by atoms with Gasteiger partial charge in [0.15, 0.2) is 6.79 Å². The molecule has 0 fully saturated rings. The monoisotopic (exact) mass is 622 g/mol. The molecular weight excluding hydrogens is 584 g/mol. The maximum Gasteiger partial charge on any atom is 0.263 e. The number of methoxy groups -OCH3 is 1. The summed E-state index contributed by atoms with van der Waals surface area (Å²) in [5, 5.41) is 0.353. The first-order valence-corrected chi connectivity index (χ1v) is 15.3. The van der Waals surface area contributed by atoms with Gasteiger partial charge in [0.1, 0.15) is 35.2 Å². The van der Waals surface area contributed by atoms with Crippen LogP contribution in [0.5, 0.6) is 23.0 Å². The van der Waals surface area contributed by atoms with Crippen molar-refractivity contribution in [3.63, 3.8) is 0 Å². The van der Waals surface area contributed by atoms with Gasteiger partial charge >= 0.3 is 0 Å². The molecule has 5 rings (SSSR count). The molecule has 0 saturated heterocycles.